The third-order valence-electron chi connectivity index (χ3n) is 5.79. The average molecular weight is 608 g/mol. The van der Waals surface area contributed by atoms with Crippen molar-refractivity contribution in [3.05, 3.63) is 81.9 Å². The van der Waals surface area contributed by atoms with E-state index in [2.05, 4.69) is 20.9 Å². The summed E-state index contributed by atoms with van der Waals surface area (Å²) in [6, 6.07) is 7.92. The molecule has 1 aromatic heterocycles. The predicted molar refractivity (Wildman–Crippen MR) is 146 cm³/mol. The van der Waals surface area contributed by atoms with Gasteiger partial charge < -0.3 is 18.9 Å². The second-order valence-corrected chi connectivity index (χ2v) is 10.2. The Morgan fingerprint density at radius 3 is 2.43 bits per heavy atom. The second kappa shape index (κ2) is 11.1. The predicted octanol–water partition coefficient (Wildman–Crippen LogP) is 4.24. The van der Waals surface area contributed by atoms with Crippen molar-refractivity contribution >= 4 is 50.9 Å². The van der Waals surface area contributed by atoms with Gasteiger partial charge in [0.1, 0.15) is 5.75 Å². The van der Waals surface area contributed by atoms with Crippen molar-refractivity contribution in [3.63, 3.8) is 0 Å². The van der Waals surface area contributed by atoms with E-state index in [9.17, 15) is 9.59 Å². The molecule has 0 spiro atoms. The summed E-state index contributed by atoms with van der Waals surface area (Å²) in [5.41, 5.74) is 1.76. The third kappa shape index (κ3) is 5.05. The number of benzene rings is 2. The number of allylic oxidation sites excluding steroid dienone is 1. The maximum absolute atomic E-state index is 13.8. The number of carbonyl (C=O) groups is 1. The van der Waals surface area contributed by atoms with Gasteiger partial charge in [0.25, 0.3) is 5.56 Å². The standard InChI is InChI=1S/C26H24BrClN2O6S/c1-6-36-25(32)22-13(2)29-26-30(23(22)15-11-19(34-4)20(35-5)12-16(15)27)24(31)21(37-26)10-14-7-8-18(33-3)17(28)9-14/h7-12,23H,6H2,1-5H3/b21-10+/t23-/m0/s1. The van der Waals surface area contributed by atoms with E-state index < -0.39 is 12.0 Å². The van der Waals surface area contributed by atoms with E-state index >= 15 is 0 Å². The van der Waals surface area contributed by atoms with Crippen molar-refractivity contribution in [1.82, 2.24) is 4.57 Å². The largest absolute Gasteiger partial charge is 0.495 e. The minimum Gasteiger partial charge on any atom is -0.495 e. The lowest BCUT2D eigenvalue weighted by Crippen LogP contribution is -2.40. The highest BCUT2D eigenvalue weighted by Gasteiger charge is 2.35. The summed E-state index contributed by atoms with van der Waals surface area (Å²) in [4.78, 5) is 32.0. The smallest absolute Gasteiger partial charge is 0.338 e. The lowest BCUT2D eigenvalue weighted by molar-refractivity contribution is -0.139. The molecule has 11 heteroatoms. The number of rotatable bonds is 7. The summed E-state index contributed by atoms with van der Waals surface area (Å²) in [5.74, 6) is 0.939. The number of nitrogens with zero attached hydrogens (tertiary/aromatic N) is 2. The molecular weight excluding hydrogens is 584 g/mol. The first kappa shape index (κ1) is 27.0. The molecule has 0 N–H and O–H groups in total. The Morgan fingerprint density at radius 1 is 1.14 bits per heavy atom. The first-order valence-corrected chi connectivity index (χ1v) is 13.2. The van der Waals surface area contributed by atoms with Gasteiger partial charge in [-0.1, -0.05) is 44.9 Å². The third-order valence-corrected chi connectivity index (χ3v) is 7.75. The number of fused-ring (bicyclic) bond motifs is 1. The van der Waals surface area contributed by atoms with E-state index in [0.717, 1.165) is 5.56 Å². The molecule has 37 heavy (non-hydrogen) atoms. The van der Waals surface area contributed by atoms with E-state index in [1.165, 1.54) is 37.2 Å². The fourth-order valence-corrected chi connectivity index (χ4v) is 5.94. The molecule has 194 valence electrons. The number of esters is 1. The summed E-state index contributed by atoms with van der Waals surface area (Å²) in [6.45, 7) is 3.64. The van der Waals surface area contributed by atoms with Gasteiger partial charge in [-0.15, -0.1) is 0 Å². The first-order chi connectivity index (χ1) is 17.7. The molecule has 4 rings (SSSR count). The van der Waals surface area contributed by atoms with Crippen LogP contribution < -0.4 is 29.1 Å². The molecule has 1 aliphatic rings. The van der Waals surface area contributed by atoms with Crippen molar-refractivity contribution in [2.24, 2.45) is 4.99 Å². The molecule has 0 radical (unpaired) electrons. The molecule has 0 aliphatic carbocycles. The van der Waals surface area contributed by atoms with Gasteiger partial charge in [-0.3, -0.25) is 9.36 Å². The molecule has 0 saturated heterocycles. The summed E-state index contributed by atoms with van der Waals surface area (Å²) in [7, 11) is 4.59. The SMILES string of the molecule is CCOC(=O)C1=C(C)N=c2s/c(=C/c3ccc(OC)c(Cl)c3)c(=O)n2[C@H]1c1cc(OC)c(OC)cc1Br. The van der Waals surface area contributed by atoms with Crippen LogP contribution in [0.15, 0.2) is 55.9 Å². The molecule has 1 aliphatic heterocycles. The van der Waals surface area contributed by atoms with Crippen LogP contribution in [0.3, 0.4) is 0 Å². The summed E-state index contributed by atoms with van der Waals surface area (Å²) >= 11 is 11.1. The van der Waals surface area contributed by atoms with Gasteiger partial charge in [-0.05, 0) is 55.3 Å². The van der Waals surface area contributed by atoms with Crippen molar-refractivity contribution in [3.8, 4) is 17.2 Å². The minimum absolute atomic E-state index is 0.179. The topological polar surface area (TPSA) is 88.4 Å². The van der Waals surface area contributed by atoms with Crippen LogP contribution in [0.25, 0.3) is 6.08 Å². The van der Waals surface area contributed by atoms with E-state index in [1.807, 2.05) is 0 Å². The number of aromatic nitrogens is 1. The molecule has 0 fully saturated rings. The van der Waals surface area contributed by atoms with Crippen molar-refractivity contribution in [2.45, 2.75) is 19.9 Å². The van der Waals surface area contributed by atoms with Gasteiger partial charge in [-0.25, -0.2) is 9.79 Å². The van der Waals surface area contributed by atoms with Gasteiger partial charge >= 0.3 is 5.97 Å². The maximum atomic E-state index is 13.8. The van der Waals surface area contributed by atoms with Gasteiger partial charge in [0, 0.05) is 4.47 Å². The van der Waals surface area contributed by atoms with E-state index in [4.69, 9.17) is 30.5 Å². The van der Waals surface area contributed by atoms with Gasteiger partial charge in [0.05, 0.1) is 54.8 Å². The molecule has 2 aromatic carbocycles. The van der Waals surface area contributed by atoms with Gasteiger partial charge in [0.15, 0.2) is 16.3 Å². The Kier molecular flexibility index (Phi) is 8.11. The van der Waals surface area contributed by atoms with Crippen molar-refractivity contribution in [2.75, 3.05) is 27.9 Å². The van der Waals surface area contributed by atoms with Gasteiger partial charge in [-0.2, -0.15) is 0 Å². The maximum Gasteiger partial charge on any atom is 0.338 e. The normalized spacial score (nSPS) is 15.2. The average Bonchev–Trinajstić information content (AvgIpc) is 3.17. The van der Waals surface area contributed by atoms with Crippen molar-refractivity contribution < 1.29 is 23.7 Å². The van der Waals surface area contributed by atoms with Crippen LogP contribution >= 0.6 is 38.9 Å². The van der Waals surface area contributed by atoms with Gasteiger partial charge in [0.2, 0.25) is 0 Å². The number of methoxy groups -OCH3 is 3. The lowest BCUT2D eigenvalue weighted by atomic mass is 9.95. The Bertz CT molecular complexity index is 1590. The number of ether oxygens (including phenoxy) is 4. The zero-order valence-electron chi connectivity index (χ0n) is 20.8. The number of hydrogen-bond acceptors (Lipinski definition) is 8. The Hall–Kier alpha value is -3.08. The van der Waals surface area contributed by atoms with Crippen LogP contribution in [-0.2, 0) is 9.53 Å². The Morgan fingerprint density at radius 2 is 1.81 bits per heavy atom. The molecular formula is C26H24BrClN2O6S. The lowest BCUT2D eigenvalue weighted by Gasteiger charge is -2.26. The van der Waals surface area contributed by atoms with E-state index in [-0.39, 0.29) is 17.7 Å². The molecule has 0 unspecified atom stereocenters. The Labute approximate surface area is 230 Å². The molecule has 3 aromatic rings. The Balaban J connectivity index is 1.99. The highest BCUT2D eigenvalue weighted by Crippen LogP contribution is 2.40. The molecule has 0 amide bonds. The van der Waals surface area contributed by atoms with Crippen LogP contribution in [0.5, 0.6) is 17.2 Å². The van der Waals surface area contributed by atoms with E-state index in [0.29, 0.717) is 47.3 Å². The van der Waals surface area contributed by atoms with Crippen LogP contribution in [0, 0.1) is 0 Å². The van der Waals surface area contributed by atoms with Crippen LogP contribution in [0.1, 0.15) is 31.0 Å². The van der Waals surface area contributed by atoms with Crippen molar-refractivity contribution in [1.29, 1.82) is 0 Å². The number of halogens is 2. The monoisotopic (exact) mass is 606 g/mol. The summed E-state index contributed by atoms with van der Waals surface area (Å²) < 4.78 is 24.1. The number of carbonyl (C=O) groups excluding carboxylic acids is 1. The van der Waals surface area contributed by atoms with Crippen LogP contribution in [0.4, 0.5) is 0 Å². The zero-order valence-corrected chi connectivity index (χ0v) is 23.9. The zero-order chi connectivity index (χ0) is 26.9. The molecule has 2 heterocycles. The fraction of sp³-hybridized carbons (Fsp3) is 0.269. The molecule has 0 bridgehead atoms. The quantitative estimate of drug-likeness (QED) is 0.374. The number of hydrogen-bond donors (Lipinski definition) is 0. The highest BCUT2D eigenvalue weighted by molar-refractivity contribution is 9.10. The van der Waals surface area contributed by atoms with Crippen LogP contribution in [-0.4, -0.2) is 38.5 Å². The van der Waals surface area contributed by atoms with Crippen LogP contribution in [0.2, 0.25) is 5.02 Å². The summed E-state index contributed by atoms with van der Waals surface area (Å²) in [5, 5.41) is 0.427. The summed E-state index contributed by atoms with van der Waals surface area (Å²) in [6.07, 6.45) is 1.74. The molecule has 0 saturated carbocycles. The number of thiazole rings is 1. The first-order valence-electron chi connectivity index (χ1n) is 11.2. The molecule has 8 nitrogen and oxygen atoms in total. The highest BCUT2D eigenvalue weighted by atomic mass is 79.9. The molecule has 1 atom stereocenters. The van der Waals surface area contributed by atoms with E-state index in [1.54, 1.807) is 50.3 Å². The second-order valence-electron chi connectivity index (χ2n) is 7.92. The fourth-order valence-electron chi connectivity index (χ4n) is 4.09. The minimum atomic E-state index is -0.814.